The molecule has 5 rings (SSSR count). The summed E-state index contributed by atoms with van der Waals surface area (Å²) in [6, 6.07) is 15.5. The minimum atomic E-state index is -0.0810. The molecule has 8 heteroatoms. The number of aliphatic hydroxyl groups is 1. The van der Waals surface area contributed by atoms with Crippen LogP contribution in [0.2, 0.25) is 0 Å². The van der Waals surface area contributed by atoms with Crippen molar-refractivity contribution in [2.45, 2.75) is 32.1 Å². The molecule has 0 aromatic heterocycles. The number of thiol groups is 1. The van der Waals surface area contributed by atoms with Gasteiger partial charge in [0, 0.05) is 43.3 Å². The molecule has 178 valence electrons. The highest BCUT2D eigenvalue weighted by molar-refractivity contribution is 8.00. The fourth-order valence-electron chi connectivity index (χ4n) is 4.15. The molecule has 6 nitrogen and oxygen atoms in total. The Hall–Kier alpha value is -1.87. The molecule has 0 unspecified atom stereocenters. The van der Waals surface area contributed by atoms with Gasteiger partial charge in [-0.3, -0.25) is 9.10 Å². The Kier molecular flexibility index (Phi) is 8.46. The van der Waals surface area contributed by atoms with Crippen molar-refractivity contribution < 1.29 is 9.90 Å². The van der Waals surface area contributed by atoms with E-state index in [-0.39, 0.29) is 12.5 Å². The van der Waals surface area contributed by atoms with E-state index in [0.29, 0.717) is 16.7 Å². The van der Waals surface area contributed by atoms with Crippen molar-refractivity contribution in [1.29, 1.82) is 0 Å². The van der Waals surface area contributed by atoms with Crippen molar-refractivity contribution in [3.63, 3.8) is 0 Å². The van der Waals surface area contributed by atoms with Gasteiger partial charge < -0.3 is 20.0 Å². The Morgan fingerprint density at radius 3 is 2.27 bits per heavy atom. The molecule has 1 spiro atoms. The van der Waals surface area contributed by atoms with Crippen LogP contribution in [0.25, 0.3) is 0 Å². The fraction of sp³-hybridized carbons (Fsp3) is 0.480. The van der Waals surface area contributed by atoms with E-state index in [1.165, 1.54) is 57.1 Å². The number of anilines is 3. The molecule has 1 aliphatic carbocycles. The number of carbonyl (C=O) groups excluding carboxylic acids is 1. The van der Waals surface area contributed by atoms with Gasteiger partial charge in [-0.1, -0.05) is 43.0 Å². The summed E-state index contributed by atoms with van der Waals surface area (Å²) in [5, 5.41) is 12.0. The number of aliphatic hydroxyl groups excluding tert-OH is 1. The molecule has 2 aromatic carbocycles. The number of hydrogen-bond acceptors (Lipinski definition) is 7. The van der Waals surface area contributed by atoms with Crippen LogP contribution in [-0.4, -0.2) is 53.9 Å². The van der Waals surface area contributed by atoms with Gasteiger partial charge in [0.25, 0.3) is 5.91 Å². The highest BCUT2D eigenvalue weighted by Crippen LogP contribution is 2.54. The molecule has 2 saturated heterocycles. The first-order chi connectivity index (χ1) is 16.1. The van der Waals surface area contributed by atoms with Crippen molar-refractivity contribution >= 4 is 47.7 Å². The van der Waals surface area contributed by atoms with E-state index in [0.717, 1.165) is 30.2 Å². The molecule has 1 saturated carbocycles. The number of hydrogen-bond donors (Lipinski definition) is 4. The van der Waals surface area contributed by atoms with Crippen LogP contribution in [0.1, 0.15) is 42.5 Å². The molecule has 2 aromatic rings. The molecular formula is C25H34N4O2S2. The third-order valence-electron chi connectivity index (χ3n) is 6.61. The molecule has 3 aliphatic rings. The second-order valence-corrected chi connectivity index (χ2v) is 10.5. The summed E-state index contributed by atoms with van der Waals surface area (Å²) in [4.78, 5) is 15.3. The number of para-hydroxylation sites is 1. The van der Waals surface area contributed by atoms with E-state index < -0.39 is 0 Å². The minimum Gasteiger partial charge on any atom is -0.395 e. The van der Waals surface area contributed by atoms with E-state index in [1.807, 2.05) is 46.8 Å². The monoisotopic (exact) mass is 486 g/mol. The summed E-state index contributed by atoms with van der Waals surface area (Å²) in [7, 11) is 0. The van der Waals surface area contributed by atoms with Gasteiger partial charge in [-0.2, -0.15) is 0 Å². The number of nitrogens with one attached hydrogen (secondary N) is 2. The predicted molar refractivity (Wildman–Crippen MR) is 142 cm³/mol. The normalized spacial score (nSPS) is 18.7. The van der Waals surface area contributed by atoms with Gasteiger partial charge in [-0.05, 0) is 67.9 Å². The number of piperidine rings is 1. The molecule has 2 aliphatic heterocycles. The Morgan fingerprint density at radius 1 is 1.00 bits per heavy atom. The number of nitrogens with zero attached hydrogens (tertiary/aromatic N) is 2. The van der Waals surface area contributed by atoms with Gasteiger partial charge in [0.15, 0.2) is 0 Å². The zero-order valence-electron chi connectivity index (χ0n) is 19.0. The average molecular weight is 487 g/mol. The maximum Gasteiger partial charge on any atom is 0.257 e. The maximum atomic E-state index is 13.0. The Labute approximate surface area is 206 Å². The van der Waals surface area contributed by atoms with Crippen LogP contribution < -0.4 is 14.9 Å². The number of amides is 1. The first-order valence-electron chi connectivity index (χ1n) is 11.8. The zero-order valence-corrected chi connectivity index (χ0v) is 20.7. The molecule has 2 heterocycles. The van der Waals surface area contributed by atoms with Crippen LogP contribution in [0.15, 0.2) is 48.5 Å². The lowest BCUT2D eigenvalue weighted by atomic mass is 9.93. The van der Waals surface area contributed by atoms with Crippen LogP contribution in [-0.2, 0) is 0 Å². The number of benzene rings is 2. The van der Waals surface area contributed by atoms with Crippen molar-refractivity contribution in [3.8, 4) is 0 Å². The summed E-state index contributed by atoms with van der Waals surface area (Å²) >= 11 is 5.49. The molecule has 1 amide bonds. The fourth-order valence-corrected chi connectivity index (χ4v) is 4.92. The molecular weight excluding hydrogens is 452 g/mol. The van der Waals surface area contributed by atoms with Crippen molar-refractivity contribution in [2.75, 3.05) is 53.5 Å². The SMILES string of the molecule is O=C(Nc1ccccc1)c1ccc(NSCCO)cc1N1CCC2(CC1)CC2.SN1CCC1. The lowest BCUT2D eigenvalue weighted by Gasteiger charge is -2.35. The summed E-state index contributed by atoms with van der Waals surface area (Å²) in [6.07, 6.45) is 6.49. The molecule has 0 bridgehead atoms. The van der Waals surface area contributed by atoms with Crippen LogP contribution in [0.5, 0.6) is 0 Å². The predicted octanol–water partition coefficient (Wildman–Crippen LogP) is 4.91. The summed E-state index contributed by atoms with van der Waals surface area (Å²) in [5.41, 5.74) is 4.04. The van der Waals surface area contributed by atoms with Gasteiger partial charge in [-0.15, -0.1) is 0 Å². The van der Waals surface area contributed by atoms with E-state index >= 15 is 0 Å². The lowest BCUT2D eigenvalue weighted by molar-refractivity contribution is 0.102. The van der Waals surface area contributed by atoms with E-state index in [2.05, 4.69) is 33.8 Å². The highest BCUT2D eigenvalue weighted by atomic mass is 32.2. The van der Waals surface area contributed by atoms with Gasteiger partial charge in [0.2, 0.25) is 0 Å². The Balaban J connectivity index is 0.000000459. The van der Waals surface area contributed by atoms with Crippen LogP contribution in [0.3, 0.4) is 0 Å². The van der Waals surface area contributed by atoms with E-state index in [4.69, 9.17) is 5.11 Å². The van der Waals surface area contributed by atoms with Crippen molar-refractivity contribution in [2.24, 2.45) is 5.41 Å². The van der Waals surface area contributed by atoms with Gasteiger partial charge in [0.05, 0.1) is 17.9 Å². The molecule has 33 heavy (non-hydrogen) atoms. The third kappa shape index (κ3) is 6.82. The number of rotatable bonds is 7. The second-order valence-electron chi connectivity index (χ2n) is 9.02. The standard InChI is InChI=1S/C22H27N3O2S.C3H7NS/c26-14-15-28-24-18-6-7-19(21(27)23-17-4-2-1-3-5-17)20(16-18)25-12-10-22(8-9-22)11-13-25;5-4-2-1-3-4/h1-7,16,24,26H,8-15H2,(H,23,27);5H,1-3H2. The van der Waals surface area contributed by atoms with Crippen LogP contribution in [0.4, 0.5) is 17.1 Å². The first-order valence-corrected chi connectivity index (χ1v) is 13.2. The van der Waals surface area contributed by atoms with Crippen LogP contribution in [0, 0.1) is 5.41 Å². The third-order valence-corrected chi connectivity index (χ3v) is 7.78. The van der Waals surface area contributed by atoms with Gasteiger partial charge in [-0.25, -0.2) is 0 Å². The van der Waals surface area contributed by atoms with Crippen molar-refractivity contribution in [1.82, 2.24) is 4.31 Å². The molecule has 3 N–H and O–H groups in total. The Morgan fingerprint density at radius 2 is 1.70 bits per heavy atom. The van der Waals surface area contributed by atoms with E-state index in [9.17, 15) is 4.79 Å². The first kappa shape index (κ1) is 24.3. The molecule has 3 fully saturated rings. The Bertz CT molecular complexity index is 910. The smallest absolute Gasteiger partial charge is 0.257 e. The van der Waals surface area contributed by atoms with Gasteiger partial charge >= 0.3 is 0 Å². The largest absolute Gasteiger partial charge is 0.395 e. The summed E-state index contributed by atoms with van der Waals surface area (Å²) < 4.78 is 5.27. The summed E-state index contributed by atoms with van der Waals surface area (Å²) in [6.45, 7) is 4.50. The van der Waals surface area contributed by atoms with Crippen molar-refractivity contribution in [3.05, 3.63) is 54.1 Å². The topological polar surface area (TPSA) is 67.8 Å². The second kappa shape index (κ2) is 11.5. The lowest BCUT2D eigenvalue weighted by Crippen LogP contribution is -2.35. The van der Waals surface area contributed by atoms with Crippen LogP contribution >= 0.6 is 24.8 Å². The zero-order chi connectivity index (χ0) is 23.1. The highest BCUT2D eigenvalue weighted by Gasteiger charge is 2.44. The maximum absolute atomic E-state index is 13.0. The minimum absolute atomic E-state index is 0.0810. The summed E-state index contributed by atoms with van der Waals surface area (Å²) in [5.74, 6) is 0.542. The average Bonchev–Trinajstić information content (AvgIpc) is 3.58. The van der Waals surface area contributed by atoms with Gasteiger partial charge in [0.1, 0.15) is 0 Å². The number of carbonyl (C=O) groups is 1. The quantitative estimate of drug-likeness (QED) is 0.253. The molecule has 0 atom stereocenters. The van der Waals surface area contributed by atoms with E-state index in [1.54, 1.807) is 0 Å². The molecule has 0 radical (unpaired) electrons.